The fraction of sp³-hybridized carbons (Fsp3) is 0.705. The molecule has 0 aliphatic heterocycles. The van der Waals surface area contributed by atoms with Crippen molar-refractivity contribution in [1.82, 2.24) is 0 Å². The number of carboxylic acids is 1. The van der Waals surface area contributed by atoms with Crippen LogP contribution in [0, 0.1) is 0 Å². The Morgan fingerprint density at radius 3 is 1.62 bits per heavy atom. The molecule has 0 aliphatic rings. The number of esters is 2. The van der Waals surface area contributed by atoms with Crippen molar-refractivity contribution in [1.29, 1.82) is 0 Å². The van der Waals surface area contributed by atoms with Crippen LogP contribution in [0.4, 0.5) is 0 Å². The number of nitrogens with zero attached hydrogens (tertiary/aromatic N) is 1. The Hall–Kier alpha value is -2.97. The van der Waals surface area contributed by atoms with Gasteiger partial charge in [-0.25, -0.2) is 4.79 Å². The number of rotatable bonds is 35. The summed E-state index contributed by atoms with van der Waals surface area (Å²) in [6, 6.07) is -0.622. The molecule has 0 saturated heterocycles. The zero-order valence-electron chi connectivity index (χ0n) is 33.7. The van der Waals surface area contributed by atoms with Crippen LogP contribution in [0.5, 0.6) is 0 Å². The van der Waals surface area contributed by atoms with Crippen molar-refractivity contribution in [3.63, 3.8) is 0 Å². The molecule has 0 rings (SSSR count). The van der Waals surface area contributed by atoms with E-state index in [0.717, 1.165) is 83.5 Å². The van der Waals surface area contributed by atoms with Crippen molar-refractivity contribution in [2.45, 2.75) is 161 Å². The Morgan fingerprint density at radius 2 is 1.06 bits per heavy atom. The van der Waals surface area contributed by atoms with Gasteiger partial charge in [0.2, 0.25) is 0 Å². The summed E-state index contributed by atoms with van der Waals surface area (Å²) in [6.45, 7) is 4.59. The fourth-order valence-corrected chi connectivity index (χ4v) is 5.49. The average molecular weight is 731 g/mol. The van der Waals surface area contributed by atoms with Gasteiger partial charge in [0.1, 0.15) is 6.61 Å². The SMILES string of the molecule is CCCC/C=C/CCCCCCC(=O)OCC(COCCC(C(=O)O)[N+](C)(C)C)OC(=O)CCCCCCC/C=C/C=C/C=C/C=C/CCCCC. The maximum absolute atomic E-state index is 12.7. The molecule has 8 nitrogen and oxygen atoms in total. The Morgan fingerprint density at radius 1 is 0.577 bits per heavy atom. The third kappa shape index (κ3) is 32.9. The maximum atomic E-state index is 12.7. The van der Waals surface area contributed by atoms with Gasteiger partial charge in [0, 0.05) is 19.3 Å². The van der Waals surface area contributed by atoms with Gasteiger partial charge in [-0.1, -0.05) is 132 Å². The number of allylic oxidation sites excluding steroid dienone is 10. The number of hydrogen-bond donors (Lipinski definition) is 1. The standard InChI is InChI=1S/C44H75NO7/c1-6-8-10-12-14-16-18-19-20-21-22-23-24-25-27-29-31-33-35-43(47)52-40(38-50-37-36-41(44(48)49)45(3,4)5)39-51-42(46)34-32-30-28-26-17-15-13-11-9-7-2/h13-16,18-23,40-41H,6-12,17,24-39H2,1-5H3/p+1/b15-13+,16-14+,19-18+,21-20+,23-22+. The van der Waals surface area contributed by atoms with E-state index in [2.05, 4.69) is 68.5 Å². The first-order valence-electron chi connectivity index (χ1n) is 20.4. The lowest BCUT2D eigenvalue weighted by atomic mass is 10.1. The quantitative estimate of drug-likeness (QED) is 0.0228. The fourth-order valence-electron chi connectivity index (χ4n) is 5.49. The first-order valence-corrected chi connectivity index (χ1v) is 20.4. The minimum atomic E-state index is -0.884. The normalized spacial score (nSPS) is 13.6. The van der Waals surface area contributed by atoms with Crippen molar-refractivity contribution in [2.75, 3.05) is 41.0 Å². The molecule has 2 atom stereocenters. The van der Waals surface area contributed by atoms with Gasteiger partial charge in [-0.15, -0.1) is 0 Å². The van der Waals surface area contributed by atoms with Crippen LogP contribution >= 0.6 is 0 Å². The molecule has 0 heterocycles. The molecule has 1 N–H and O–H groups in total. The molecule has 0 saturated carbocycles. The van der Waals surface area contributed by atoms with Gasteiger partial charge >= 0.3 is 17.9 Å². The largest absolute Gasteiger partial charge is 0.477 e. The number of unbranched alkanes of at least 4 members (excludes halogenated alkanes) is 14. The van der Waals surface area contributed by atoms with Gasteiger partial charge in [-0.2, -0.15) is 0 Å². The Kier molecular flexibility index (Phi) is 33.1. The molecule has 0 spiro atoms. The number of quaternary nitrogens is 1. The van der Waals surface area contributed by atoms with E-state index < -0.39 is 18.1 Å². The second-order valence-corrected chi connectivity index (χ2v) is 14.6. The van der Waals surface area contributed by atoms with Crippen LogP contribution in [0.2, 0.25) is 0 Å². The molecule has 52 heavy (non-hydrogen) atoms. The molecule has 0 fully saturated rings. The molecule has 0 radical (unpaired) electrons. The molecule has 0 aromatic carbocycles. The van der Waals surface area contributed by atoms with E-state index in [0.29, 0.717) is 19.3 Å². The topological polar surface area (TPSA) is 99.1 Å². The van der Waals surface area contributed by atoms with Gasteiger partial charge in [-0.3, -0.25) is 9.59 Å². The van der Waals surface area contributed by atoms with Crippen molar-refractivity contribution in [2.24, 2.45) is 0 Å². The monoisotopic (exact) mass is 731 g/mol. The second kappa shape index (κ2) is 35.1. The minimum Gasteiger partial charge on any atom is -0.477 e. The van der Waals surface area contributed by atoms with E-state index in [1.54, 1.807) is 0 Å². The van der Waals surface area contributed by atoms with Gasteiger partial charge in [0.05, 0.1) is 34.4 Å². The lowest BCUT2D eigenvalue weighted by molar-refractivity contribution is -0.887. The number of carboxylic acid groups (broad SMARTS) is 1. The molecule has 0 aromatic heterocycles. The first-order chi connectivity index (χ1) is 25.1. The molecule has 0 bridgehead atoms. The third-order valence-corrected chi connectivity index (χ3v) is 8.73. The van der Waals surface area contributed by atoms with Crippen LogP contribution in [0.3, 0.4) is 0 Å². The van der Waals surface area contributed by atoms with Crippen molar-refractivity contribution >= 4 is 17.9 Å². The highest BCUT2D eigenvalue weighted by Crippen LogP contribution is 2.12. The summed E-state index contributed by atoms with van der Waals surface area (Å²) in [5.41, 5.74) is 0. The first kappa shape index (κ1) is 49.0. The lowest BCUT2D eigenvalue weighted by Crippen LogP contribution is -2.50. The number of hydrogen-bond acceptors (Lipinski definition) is 6. The molecule has 0 aliphatic carbocycles. The highest BCUT2D eigenvalue weighted by Gasteiger charge is 2.31. The number of ether oxygens (including phenoxy) is 3. The summed E-state index contributed by atoms with van der Waals surface area (Å²) in [6.07, 6.45) is 41.2. The van der Waals surface area contributed by atoms with Gasteiger partial charge in [-0.05, 0) is 57.8 Å². The van der Waals surface area contributed by atoms with Crippen LogP contribution in [-0.4, -0.2) is 80.6 Å². The summed E-state index contributed by atoms with van der Waals surface area (Å²) in [4.78, 5) is 36.8. The van der Waals surface area contributed by atoms with E-state index in [9.17, 15) is 19.5 Å². The molecule has 0 amide bonds. The van der Waals surface area contributed by atoms with Gasteiger partial charge in [0.15, 0.2) is 12.1 Å². The highest BCUT2D eigenvalue weighted by atomic mass is 16.6. The highest BCUT2D eigenvalue weighted by molar-refractivity contribution is 5.72. The number of likely N-dealkylation sites (N-methyl/N-ethyl adjacent to an activating group) is 1. The summed E-state index contributed by atoms with van der Waals surface area (Å²) in [5.74, 6) is -1.52. The third-order valence-electron chi connectivity index (χ3n) is 8.73. The van der Waals surface area contributed by atoms with E-state index in [1.807, 2.05) is 27.2 Å². The minimum absolute atomic E-state index is 0.0451. The van der Waals surface area contributed by atoms with E-state index in [1.165, 1.54) is 32.1 Å². The summed E-state index contributed by atoms with van der Waals surface area (Å²) >= 11 is 0. The summed E-state index contributed by atoms with van der Waals surface area (Å²) in [5, 5.41) is 9.59. The predicted molar refractivity (Wildman–Crippen MR) is 215 cm³/mol. The van der Waals surface area contributed by atoms with Crippen molar-refractivity contribution in [3.8, 4) is 0 Å². The molecule has 8 heteroatoms. The zero-order valence-corrected chi connectivity index (χ0v) is 33.7. The van der Waals surface area contributed by atoms with E-state index in [4.69, 9.17) is 14.2 Å². The number of aliphatic carboxylic acids is 1. The molecule has 2 unspecified atom stereocenters. The van der Waals surface area contributed by atoms with E-state index in [-0.39, 0.29) is 36.2 Å². The lowest BCUT2D eigenvalue weighted by Gasteiger charge is -2.31. The number of carbonyl (C=O) groups is 3. The molecule has 0 aromatic rings. The summed E-state index contributed by atoms with van der Waals surface area (Å²) < 4.78 is 17.2. The number of carbonyl (C=O) groups excluding carboxylic acids is 2. The second-order valence-electron chi connectivity index (χ2n) is 14.6. The Balaban J connectivity index is 4.46. The van der Waals surface area contributed by atoms with Crippen LogP contribution < -0.4 is 0 Å². The Labute approximate surface area is 318 Å². The predicted octanol–water partition coefficient (Wildman–Crippen LogP) is 10.6. The molecule has 298 valence electrons. The molecular weight excluding hydrogens is 654 g/mol. The summed E-state index contributed by atoms with van der Waals surface area (Å²) in [7, 11) is 5.50. The van der Waals surface area contributed by atoms with Gasteiger partial charge < -0.3 is 23.8 Å². The van der Waals surface area contributed by atoms with E-state index >= 15 is 0 Å². The van der Waals surface area contributed by atoms with Crippen LogP contribution in [0.25, 0.3) is 0 Å². The van der Waals surface area contributed by atoms with Crippen molar-refractivity contribution in [3.05, 3.63) is 60.8 Å². The van der Waals surface area contributed by atoms with Crippen molar-refractivity contribution < 1.29 is 38.2 Å². The molecular formula is C44H76NO7+. The maximum Gasteiger partial charge on any atom is 0.362 e. The van der Waals surface area contributed by atoms with Crippen LogP contribution in [0.1, 0.15) is 149 Å². The Bertz CT molecular complexity index is 1040. The smallest absolute Gasteiger partial charge is 0.362 e. The van der Waals surface area contributed by atoms with Crippen LogP contribution in [0.15, 0.2) is 60.8 Å². The average Bonchev–Trinajstić information content (AvgIpc) is 3.09. The zero-order chi connectivity index (χ0) is 38.5. The van der Waals surface area contributed by atoms with Crippen LogP contribution in [-0.2, 0) is 28.6 Å². The van der Waals surface area contributed by atoms with Gasteiger partial charge in [0.25, 0.3) is 0 Å².